The predicted molar refractivity (Wildman–Crippen MR) is 128 cm³/mol. The van der Waals surface area contributed by atoms with Crippen molar-refractivity contribution in [3.8, 4) is 22.6 Å². The summed E-state index contributed by atoms with van der Waals surface area (Å²) in [6.45, 7) is 3.49. The van der Waals surface area contributed by atoms with Gasteiger partial charge in [-0.1, -0.05) is 35.9 Å². The number of thiophene rings is 1. The Morgan fingerprint density at radius 1 is 1.12 bits per heavy atom. The van der Waals surface area contributed by atoms with E-state index < -0.39 is 0 Å². The van der Waals surface area contributed by atoms with Crippen LogP contribution in [-0.4, -0.2) is 35.2 Å². The fourth-order valence-corrected chi connectivity index (χ4v) is 4.73. The van der Waals surface area contributed by atoms with E-state index in [1.807, 2.05) is 54.8 Å². The van der Waals surface area contributed by atoms with E-state index in [0.717, 1.165) is 33.8 Å². The van der Waals surface area contributed by atoms with Gasteiger partial charge in [-0.05, 0) is 36.6 Å². The Bertz CT molecular complexity index is 1370. The minimum Gasteiger partial charge on any atom is -0.486 e. The van der Waals surface area contributed by atoms with E-state index in [1.165, 1.54) is 22.2 Å². The summed E-state index contributed by atoms with van der Waals surface area (Å²) in [5, 5.41) is 5.38. The summed E-state index contributed by atoms with van der Waals surface area (Å²) in [6.07, 6.45) is 2.09. The smallest absolute Gasteiger partial charge is 0.263 e. The van der Waals surface area contributed by atoms with Gasteiger partial charge in [0.25, 0.3) is 5.56 Å². The quantitative estimate of drug-likeness (QED) is 0.475. The Hall–Kier alpha value is -3.65. The molecule has 2 aromatic heterocycles. The number of carbonyl (C=O) groups is 1. The molecule has 1 N–H and O–H groups in total. The Morgan fingerprint density at radius 2 is 1.91 bits per heavy atom. The zero-order valence-electron chi connectivity index (χ0n) is 18.2. The molecule has 8 heteroatoms. The molecule has 3 heterocycles. The van der Waals surface area contributed by atoms with Gasteiger partial charge >= 0.3 is 0 Å². The summed E-state index contributed by atoms with van der Waals surface area (Å²) < 4.78 is 12.5. The highest BCUT2D eigenvalue weighted by Gasteiger charge is 2.15. The van der Waals surface area contributed by atoms with Gasteiger partial charge in [0.05, 0.1) is 11.7 Å². The number of amides is 1. The van der Waals surface area contributed by atoms with Crippen molar-refractivity contribution < 1.29 is 14.3 Å². The van der Waals surface area contributed by atoms with Gasteiger partial charge in [0, 0.05) is 17.5 Å². The molecule has 0 fully saturated rings. The van der Waals surface area contributed by atoms with Crippen LogP contribution in [0, 0.1) is 6.92 Å². The number of aromatic nitrogens is 2. The summed E-state index contributed by atoms with van der Waals surface area (Å²) in [6, 6.07) is 13.8. The summed E-state index contributed by atoms with van der Waals surface area (Å²) in [5.74, 6) is 1.24. The van der Waals surface area contributed by atoms with Crippen LogP contribution in [0.4, 0.5) is 0 Å². The van der Waals surface area contributed by atoms with Crippen molar-refractivity contribution in [2.45, 2.75) is 19.9 Å². The standard InChI is InChI=1S/C25H23N3O4S/c1-16-2-5-18(6-3-16)19-14-33-24-23(19)25(30)28(15-27-24)13-22(29)26-9-8-17-4-7-20-21(12-17)32-11-10-31-20/h2-7,12,14-15H,8-11,13H2,1H3,(H,26,29). The third-order valence-electron chi connectivity index (χ3n) is 5.58. The van der Waals surface area contributed by atoms with E-state index in [2.05, 4.69) is 10.3 Å². The molecule has 33 heavy (non-hydrogen) atoms. The number of hydrogen-bond acceptors (Lipinski definition) is 6. The average Bonchev–Trinajstić information content (AvgIpc) is 3.26. The second kappa shape index (κ2) is 9.07. The van der Waals surface area contributed by atoms with Crippen LogP contribution in [0.3, 0.4) is 0 Å². The van der Waals surface area contributed by atoms with Crippen molar-refractivity contribution in [1.29, 1.82) is 0 Å². The molecule has 0 bridgehead atoms. The SMILES string of the molecule is Cc1ccc(-c2csc3ncn(CC(=O)NCCc4ccc5c(c4)OCCO5)c(=O)c23)cc1. The number of carbonyl (C=O) groups excluding carboxylic acids is 1. The number of nitrogens with one attached hydrogen (secondary N) is 1. The number of benzene rings is 2. The maximum atomic E-state index is 13.1. The zero-order chi connectivity index (χ0) is 22.8. The molecule has 0 spiro atoms. The van der Waals surface area contributed by atoms with Gasteiger partial charge in [-0.3, -0.25) is 14.2 Å². The normalized spacial score (nSPS) is 12.6. The summed E-state index contributed by atoms with van der Waals surface area (Å²) >= 11 is 1.43. The van der Waals surface area contributed by atoms with Crippen molar-refractivity contribution in [1.82, 2.24) is 14.9 Å². The first-order valence-electron chi connectivity index (χ1n) is 10.8. The monoisotopic (exact) mass is 461 g/mol. The van der Waals surface area contributed by atoms with Gasteiger partial charge in [-0.25, -0.2) is 4.98 Å². The van der Waals surface area contributed by atoms with E-state index in [1.54, 1.807) is 0 Å². The lowest BCUT2D eigenvalue weighted by Crippen LogP contribution is -2.33. The lowest BCUT2D eigenvalue weighted by Gasteiger charge is -2.18. The Balaban J connectivity index is 1.26. The molecule has 1 amide bonds. The van der Waals surface area contributed by atoms with Crippen molar-refractivity contribution in [2.24, 2.45) is 0 Å². The molecular weight excluding hydrogens is 438 g/mol. The summed E-state index contributed by atoms with van der Waals surface area (Å²) in [5.41, 5.74) is 3.80. The first-order chi connectivity index (χ1) is 16.1. The lowest BCUT2D eigenvalue weighted by molar-refractivity contribution is -0.121. The van der Waals surface area contributed by atoms with Crippen molar-refractivity contribution in [3.63, 3.8) is 0 Å². The van der Waals surface area contributed by atoms with Crippen molar-refractivity contribution in [2.75, 3.05) is 19.8 Å². The van der Waals surface area contributed by atoms with Crippen LogP contribution in [0.1, 0.15) is 11.1 Å². The summed E-state index contributed by atoms with van der Waals surface area (Å²) in [7, 11) is 0. The number of fused-ring (bicyclic) bond motifs is 2. The highest BCUT2D eigenvalue weighted by atomic mass is 32.1. The van der Waals surface area contributed by atoms with Crippen LogP contribution in [0.5, 0.6) is 11.5 Å². The molecule has 0 aliphatic carbocycles. The Morgan fingerprint density at radius 3 is 2.73 bits per heavy atom. The molecule has 4 aromatic rings. The van der Waals surface area contributed by atoms with Gasteiger partial charge in [0.15, 0.2) is 11.5 Å². The van der Waals surface area contributed by atoms with Crippen LogP contribution >= 0.6 is 11.3 Å². The van der Waals surface area contributed by atoms with Crippen LogP contribution in [0.2, 0.25) is 0 Å². The molecule has 0 radical (unpaired) electrons. The number of nitrogens with zero attached hydrogens (tertiary/aromatic N) is 2. The molecule has 1 aliphatic heterocycles. The Labute approximate surface area is 194 Å². The minimum absolute atomic E-state index is 0.0773. The molecule has 0 unspecified atom stereocenters. The fraction of sp³-hybridized carbons (Fsp3) is 0.240. The van der Waals surface area contributed by atoms with Gasteiger partial charge in [-0.2, -0.15) is 0 Å². The van der Waals surface area contributed by atoms with Gasteiger partial charge in [-0.15, -0.1) is 11.3 Å². The molecule has 0 atom stereocenters. The number of ether oxygens (including phenoxy) is 2. The molecule has 0 saturated carbocycles. The fourth-order valence-electron chi connectivity index (χ4n) is 3.83. The average molecular weight is 462 g/mol. The van der Waals surface area contributed by atoms with E-state index in [9.17, 15) is 9.59 Å². The van der Waals surface area contributed by atoms with Gasteiger partial charge in [0.2, 0.25) is 5.91 Å². The van der Waals surface area contributed by atoms with Crippen molar-refractivity contribution in [3.05, 3.63) is 75.7 Å². The molecule has 168 valence electrons. The highest BCUT2D eigenvalue weighted by molar-refractivity contribution is 7.17. The second-order valence-electron chi connectivity index (χ2n) is 7.95. The largest absolute Gasteiger partial charge is 0.486 e. The maximum absolute atomic E-state index is 13.1. The summed E-state index contributed by atoms with van der Waals surface area (Å²) in [4.78, 5) is 30.7. The number of rotatable bonds is 6. The van der Waals surface area contributed by atoms with Crippen LogP contribution in [0.15, 0.2) is 59.0 Å². The lowest BCUT2D eigenvalue weighted by atomic mass is 10.1. The predicted octanol–water partition coefficient (Wildman–Crippen LogP) is 3.56. The van der Waals surface area contributed by atoms with Crippen LogP contribution in [-0.2, 0) is 17.8 Å². The molecule has 7 nitrogen and oxygen atoms in total. The van der Waals surface area contributed by atoms with Crippen molar-refractivity contribution >= 4 is 27.5 Å². The third kappa shape index (κ3) is 4.47. The Kier molecular flexibility index (Phi) is 5.83. The minimum atomic E-state index is -0.233. The molecule has 1 aliphatic rings. The molecular formula is C25H23N3O4S. The molecule has 2 aromatic carbocycles. The van der Waals surface area contributed by atoms with Gasteiger partial charge < -0.3 is 14.8 Å². The molecule has 5 rings (SSSR count). The number of aryl methyl sites for hydroxylation is 1. The molecule has 0 saturated heterocycles. The van der Waals surface area contributed by atoms with E-state index in [4.69, 9.17) is 9.47 Å². The highest BCUT2D eigenvalue weighted by Crippen LogP contribution is 2.31. The van der Waals surface area contributed by atoms with Crippen LogP contribution in [0.25, 0.3) is 21.3 Å². The van der Waals surface area contributed by atoms with E-state index >= 15 is 0 Å². The second-order valence-corrected chi connectivity index (χ2v) is 8.81. The van der Waals surface area contributed by atoms with Crippen LogP contribution < -0.4 is 20.3 Å². The first-order valence-corrected chi connectivity index (χ1v) is 11.7. The number of hydrogen-bond donors (Lipinski definition) is 1. The van der Waals surface area contributed by atoms with Gasteiger partial charge in [0.1, 0.15) is 24.6 Å². The zero-order valence-corrected chi connectivity index (χ0v) is 19.0. The van der Waals surface area contributed by atoms with E-state index in [-0.39, 0.29) is 18.0 Å². The first kappa shape index (κ1) is 21.2. The third-order valence-corrected chi connectivity index (χ3v) is 6.47. The maximum Gasteiger partial charge on any atom is 0.263 e. The topological polar surface area (TPSA) is 82.5 Å². The van der Waals surface area contributed by atoms with E-state index in [0.29, 0.717) is 36.4 Å².